The number of carboxylic acids is 1. The molecule has 0 aromatic rings. The predicted molar refractivity (Wildman–Crippen MR) is 70.5 cm³/mol. The summed E-state index contributed by atoms with van der Waals surface area (Å²) < 4.78 is 0. The van der Waals surface area contributed by atoms with E-state index in [-0.39, 0.29) is 18.8 Å². The molecule has 0 radical (unpaired) electrons. The van der Waals surface area contributed by atoms with E-state index in [1.165, 1.54) is 0 Å². The van der Waals surface area contributed by atoms with Crippen LogP contribution in [0.15, 0.2) is 0 Å². The average molecular weight is 288 g/mol. The van der Waals surface area contributed by atoms with Gasteiger partial charge in [0.2, 0.25) is 11.8 Å². The van der Waals surface area contributed by atoms with Gasteiger partial charge in [-0.05, 0) is 12.8 Å². The highest BCUT2D eigenvalue weighted by Crippen LogP contribution is 1.99. The van der Waals surface area contributed by atoms with Gasteiger partial charge in [-0.2, -0.15) is 0 Å². The van der Waals surface area contributed by atoms with E-state index >= 15 is 0 Å². The maximum atomic E-state index is 11.6. The number of rotatable bonds is 9. The molecule has 0 fully saturated rings. The molecular formula is C10H20N6O4. The van der Waals surface area contributed by atoms with E-state index in [9.17, 15) is 14.4 Å². The lowest BCUT2D eigenvalue weighted by atomic mass is 10.1. The van der Waals surface area contributed by atoms with Gasteiger partial charge in [0.05, 0.1) is 12.5 Å². The van der Waals surface area contributed by atoms with E-state index in [1.807, 2.05) is 0 Å². The summed E-state index contributed by atoms with van der Waals surface area (Å²) in [6, 6.07) is -2.31. The van der Waals surface area contributed by atoms with Gasteiger partial charge in [0.1, 0.15) is 6.04 Å². The molecule has 0 aromatic carbocycles. The second-order valence-electron chi connectivity index (χ2n) is 4.16. The molecule has 2 amide bonds. The minimum atomic E-state index is -1.22. The average Bonchev–Trinajstić information content (AvgIpc) is 2.31. The summed E-state index contributed by atoms with van der Waals surface area (Å²) in [7, 11) is 0. The van der Waals surface area contributed by atoms with Gasteiger partial charge >= 0.3 is 5.97 Å². The number of carbonyl (C=O) groups excluding carboxylic acids is 2. The van der Waals surface area contributed by atoms with Crippen molar-refractivity contribution in [1.82, 2.24) is 10.6 Å². The first-order chi connectivity index (χ1) is 9.23. The minimum absolute atomic E-state index is 0.130. The molecule has 0 spiro atoms. The summed E-state index contributed by atoms with van der Waals surface area (Å²) in [6.07, 6.45) is 0.149. The summed E-state index contributed by atoms with van der Waals surface area (Å²) >= 11 is 0. The topological polar surface area (TPSA) is 197 Å². The Bertz CT molecular complexity index is 386. The largest absolute Gasteiger partial charge is 0.480 e. The molecule has 10 N–H and O–H groups in total. The van der Waals surface area contributed by atoms with Gasteiger partial charge in [0, 0.05) is 6.54 Å². The van der Waals surface area contributed by atoms with Crippen molar-refractivity contribution in [3.63, 3.8) is 0 Å². The first-order valence-corrected chi connectivity index (χ1v) is 5.89. The van der Waals surface area contributed by atoms with Crippen molar-refractivity contribution in [3.05, 3.63) is 0 Å². The van der Waals surface area contributed by atoms with Gasteiger partial charge in [-0.15, -0.1) is 0 Å². The molecule has 0 saturated carbocycles. The van der Waals surface area contributed by atoms with Crippen molar-refractivity contribution in [1.29, 1.82) is 5.41 Å². The fourth-order valence-corrected chi connectivity index (χ4v) is 1.37. The lowest BCUT2D eigenvalue weighted by Gasteiger charge is -2.17. The van der Waals surface area contributed by atoms with Gasteiger partial charge in [0.25, 0.3) is 0 Å². The van der Waals surface area contributed by atoms with Crippen molar-refractivity contribution in [2.24, 2.45) is 17.2 Å². The van der Waals surface area contributed by atoms with Crippen LogP contribution in [0, 0.1) is 5.41 Å². The summed E-state index contributed by atoms with van der Waals surface area (Å²) in [5.41, 5.74) is 15.4. The Balaban J connectivity index is 4.26. The van der Waals surface area contributed by atoms with Crippen molar-refractivity contribution < 1.29 is 19.5 Å². The monoisotopic (exact) mass is 288 g/mol. The second-order valence-corrected chi connectivity index (χ2v) is 4.16. The van der Waals surface area contributed by atoms with E-state index in [1.54, 1.807) is 0 Å². The highest BCUT2D eigenvalue weighted by atomic mass is 16.4. The SMILES string of the molecule is N=C(N)NCCC[C@H](NC(=O)[C@@H](N)CC(N)=O)C(=O)O. The Labute approximate surface area is 115 Å². The Morgan fingerprint density at radius 1 is 1.25 bits per heavy atom. The van der Waals surface area contributed by atoms with Gasteiger partial charge in [-0.25, -0.2) is 4.79 Å². The quantitative estimate of drug-likeness (QED) is 0.133. The molecule has 2 atom stereocenters. The number of nitrogens with two attached hydrogens (primary N) is 3. The van der Waals surface area contributed by atoms with Gasteiger partial charge in [0.15, 0.2) is 5.96 Å². The lowest BCUT2D eigenvalue weighted by Crippen LogP contribution is -2.49. The Hall–Kier alpha value is -2.36. The van der Waals surface area contributed by atoms with E-state index in [0.717, 1.165) is 0 Å². The molecule has 0 aliphatic heterocycles. The number of aliphatic carboxylic acids is 1. The minimum Gasteiger partial charge on any atom is -0.480 e. The first-order valence-electron chi connectivity index (χ1n) is 5.89. The van der Waals surface area contributed by atoms with Crippen molar-refractivity contribution in [2.45, 2.75) is 31.3 Å². The van der Waals surface area contributed by atoms with E-state index in [4.69, 9.17) is 27.7 Å². The van der Waals surface area contributed by atoms with Crippen LogP contribution in [0.4, 0.5) is 0 Å². The fraction of sp³-hybridized carbons (Fsp3) is 0.600. The molecular weight excluding hydrogens is 268 g/mol. The summed E-state index contributed by atoms with van der Waals surface area (Å²) in [5, 5.41) is 20.6. The smallest absolute Gasteiger partial charge is 0.326 e. The van der Waals surface area contributed by atoms with Crippen LogP contribution in [-0.2, 0) is 14.4 Å². The molecule has 20 heavy (non-hydrogen) atoms. The number of nitrogens with one attached hydrogen (secondary N) is 3. The Morgan fingerprint density at radius 2 is 1.85 bits per heavy atom. The Morgan fingerprint density at radius 3 is 2.30 bits per heavy atom. The summed E-state index contributed by atoms with van der Waals surface area (Å²) in [6.45, 7) is 0.308. The highest BCUT2D eigenvalue weighted by Gasteiger charge is 2.23. The van der Waals surface area contributed by atoms with Gasteiger partial charge in [-0.1, -0.05) is 0 Å². The zero-order valence-electron chi connectivity index (χ0n) is 10.9. The normalized spacial score (nSPS) is 13.1. The zero-order valence-corrected chi connectivity index (χ0v) is 10.9. The van der Waals surface area contributed by atoms with Gasteiger partial charge in [-0.3, -0.25) is 15.0 Å². The van der Waals surface area contributed by atoms with Crippen LogP contribution in [0.3, 0.4) is 0 Å². The third-order valence-corrected chi connectivity index (χ3v) is 2.36. The molecule has 10 nitrogen and oxygen atoms in total. The van der Waals surface area contributed by atoms with Crippen LogP contribution in [0.1, 0.15) is 19.3 Å². The lowest BCUT2D eigenvalue weighted by molar-refractivity contribution is -0.142. The number of primary amides is 1. The van der Waals surface area contributed by atoms with Crippen molar-refractivity contribution in [2.75, 3.05) is 6.54 Å². The maximum absolute atomic E-state index is 11.6. The summed E-state index contributed by atoms with van der Waals surface area (Å²) in [5.74, 6) is -2.93. The fourth-order valence-electron chi connectivity index (χ4n) is 1.37. The first kappa shape index (κ1) is 17.6. The molecule has 0 unspecified atom stereocenters. The summed E-state index contributed by atoms with van der Waals surface area (Å²) in [4.78, 5) is 33.1. The van der Waals surface area contributed by atoms with Crippen LogP contribution < -0.4 is 27.8 Å². The van der Waals surface area contributed by atoms with Crippen molar-refractivity contribution in [3.8, 4) is 0 Å². The predicted octanol–water partition coefficient (Wildman–Crippen LogP) is -2.98. The van der Waals surface area contributed by atoms with E-state index in [2.05, 4.69) is 10.6 Å². The molecule has 10 heteroatoms. The second kappa shape index (κ2) is 8.69. The number of carboxylic acid groups (broad SMARTS) is 1. The third kappa shape index (κ3) is 7.87. The molecule has 114 valence electrons. The molecule has 0 aliphatic carbocycles. The van der Waals surface area contributed by atoms with Crippen LogP contribution >= 0.6 is 0 Å². The van der Waals surface area contributed by atoms with Crippen molar-refractivity contribution >= 4 is 23.7 Å². The number of hydrogen-bond acceptors (Lipinski definition) is 5. The number of guanidine groups is 1. The van der Waals surface area contributed by atoms with Crippen LogP contribution in [0.2, 0.25) is 0 Å². The molecule has 0 aliphatic rings. The van der Waals surface area contributed by atoms with E-state index in [0.29, 0.717) is 13.0 Å². The molecule has 0 rings (SSSR count). The van der Waals surface area contributed by atoms with Crippen LogP contribution in [0.25, 0.3) is 0 Å². The molecule has 0 saturated heterocycles. The number of hydrogen-bond donors (Lipinski definition) is 7. The third-order valence-electron chi connectivity index (χ3n) is 2.36. The maximum Gasteiger partial charge on any atom is 0.326 e. The van der Waals surface area contributed by atoms with E-state index < -0.39 is 29.9 Å². The molecule has 0 bridgehead atoms. The van der Waals surface area contributed by atoms with Gasteiger partial charge < -0.3 is 32.9 Å². The van der Waals surface area contributed by atoms with Crippen LogP contribution in [-0.4, -0.2) is 47.5 Å². The molecule has 0 heterocycles. The Kier molecular flexibility index (Phi) is 7.67. The van der Waals surface area contributed by atoms with Crippen LogP contribution in [0.5, 0.6) is 0 Å². The number of amides is 2. The standard InChI is InChI=1S/C10H20N6O4/c11-5(4-7(12)17)8(18)16-6(9(19)20)2-1-3-15-10(13)14/h5-6H,1-4,11H2,(H2,12,17)(H,16,18)(H,19,20)(H4,13,14,15)/t5-,6-/m0/s1. The highest BCUT2D eigenvalue weighted by molar-refractivity contribution is 5.90. The zero-order chi connectivity index (χ0) is 15.7. The molecule has 0 aromatic heterocycles. The number of carbonyl (C=O) groups is 3.